The Balaban J connectivity index is 1.87. The number of nitrogens with zero attached hydrogens (tertiary/aromatic N) is 3. The molecule has 0 radical (unpaired) electrons. The minimum atomic E-state index is 0.0103. The van der Waals surface area contributed by atoms with E-state index in [1.165, 1.54) is 25.0 Å². The summed E-state index contributed by atoms with van der Waals surface area (Å²) in [7, 11) is 1.74. The summed E-state index contributed by atoms with van der Waals surface area (Å²) in [5.41, 5.74) is 2.32. The molecule has 1 aromatic heterocycles. The number of allylic oxidation sites excluding steroid dienone is 2. The van der Waals surface area contributed by atoms with Gasteiger partial charge in [-0.15, -0.1) is 5.10 Å². The summed E-state index contributed by atoms with van der Waals surface area (Å²) in [5, 5.41) is 8.92. The third-order valence-corrected chi connectivity index (χ3v) is 4.67. The number of aryl methyl sites for hydroxylation is 2. The molecule has 0 spiro atoms. The Labute approximate surface area is 120 Å². The smallest absolute Gasteiger partial charge is 0.157 e. The number of hydrogen-bond donors (Lipinski definition) is 0. The molecule has 0 saturated heterocycles. The van der Waals surface area contributed by atoms with Crippen molar-refractivity contribution in [2.24, 2.45) is 0 Å². The van der Waals surface area contributed by atoms with Gasteiger partial charge in [0.1, 0.15) is 0 Å². The molecular formula is C16H23N3O. The van der Waals surface area contributed by atoms with Gasteiger partial charge in [0.2, 0.25) is 0 Å². The van der Waals surface area contributed by atoms with Crippen LogP contribution in [0.15, 0.2) is 11.8 Å². The summed E-state index contributed by atoms with van der Waals surface area (Å²) < 4.78 is 5.33. The van der Waals surface area contributed by atoms with Gasteiger partial charge in [0, 0.05) is 11.8 Å². The van der Waals surface area contributed by atoms with E-state index in [0.29, 0.717) is 0 Å². The van der Waals surface area contributed by atoms with Crippen LogP contribution >= 0.6 is 0 Å². The van der Waals surface area contributed by atoms with Crippen molar-refractivity contribution in [3.05, 3.63) is 29.0 Å². The third-order valence-electron chi connectivity index (χ3n) is 4.67. The first-order chi connectivity index (χ1) is 9.71. The van der Waals surface area contributed by atoms with Gasteiger partial charge in [-0.2, -0.15) is 5.10 Å². The minimum absolute atomic E-state index is 0.0103. The summed E-state index contributed by atoms with van der Waals surface area (Å²) in [6.45, 7) is 2.25. The van der Waals surface area contributed by atoms with Gasteiger partial charge < -0.3 is 4.74 Å². The topological polar surface area (TPSA) is 47.9 Å². The van der Waals surface area contributed by atoms with Gasteiger partial charge in [0.25, 0.3) is 0 Å². The average Bonchev–Trinajstić information content (AvgIpc) is 2.72. The summed E-state index contributed by atoms with van der Waals surface area (Å²) in [4.78, 5) is 4.88. The second-order valence-electron chi connectivity index (χ2n) is 6.23. The summed E-state index contributed by atoms with van der Waals surface area (Å²) in [5.74, 6) is 2.01. The predicted octanol–water partition coefficient (Wildman–Crippen LogP) is 3.11. The standard InChI is InChI=1S/C16H23N3O/c1-16(10-8-12(20-2)9-11-16)15-17-13-6-4-3-5-7-14(13)18-19-15/h8H,3-7,9-11H2,1-2H3. The van der Waals surface area contributed by atoms with Crippen molar-refractivity contribution < 1.29 is 4.74 Å². The summed E-state index contributed by atoms with van der Waals surface area (Å²) in [6, 6.07) is 0. The van der Waals surface area contributed by atoms with Gasteiger partial charge in [-0.25, -0.2) is 4.98 Å². The monoisotopic (exact) mass is 273 g/mol. The molecule has 20 heavy (non-hydrogen) atoms. The van der Waals surface area contributed by atoms with E-state index in [9.17, 15) is 0 Å². The van der Waals surface area contributed by atoms with E-state index in [1.807, 2.05) is 0 Å². The number of fused-ring (bicyclic) bond motifs is 1. The van der Waals surface area contributed by atoms with E-state index >= 15 is 0 Å². The van der Waals surface area contributed by atoms with Crippen LogP contribution in [0.4, 0.5) is 0 Å². The Morgan fingerprint density at radius 1 is 1.05 bits per heavy atom. The lowest BCUT2D eigenvalue weighted by Crippen LogP contribution is -2.28. The van der Waals surface area contributed by atoms with Crippen molar-refractivity contribution >= 4 is 0 Å². The molecule has 2 aliphatic carbocycles. The van der Waals surface area contributed by atoms with Gasteiger partial charge in [0.15, 0.2) is 5.82 Å². The summed E-state index contributed by atoms with van der Waals surface area (Å²) in [6.07, 6.45) is 11.0. The molecule has 0 amide bonds. The van der Waals surface area contributed by atoms with Crippen LogP contribution in [0.25, 0.3) is 0 Å². The Hall–Kier alpha value is -1.45. The molecule has 0 N–H and O–H groups in total. The zero-order valence-electron chi connectivity index (χ0n) is 12.5. The molecule has 2 aliphatic rings. The van der Waals surface area contributed by atoms with E-state index in [1.54, 1.807) is 7.11 Å². The fourth-order valence-electron chi connectivity index (χ4n) is 3.12. The molecule has 1 unspecified atom stereocenters. The van der Waals surface area contributed by atoms with Gasteiger partial charge in [-0.05, 0) is 44.6 Å². The van der Waals surface area contributed by atoms with Gasteiger partial charge in [0.05, 0.1) is 24.3 Å². The van der Waals surface area contributed by atoms with Gasteiger partial charge >= 0.3 is 0 Å². The predicted molar refractivity (Wildman–Crippen MR) is 77.4 cm³/mol. The average molecular weight is 273 g/mol. The zero-order valence-corrected chi connectivity index (χ0v) is 12.5. The van der Waals surface area contributed by atoms with Crippen LogP contribution in [0.1, 0.15) is 62.7 Å². The Bertz CT molecular complexity index is 526. The number of methoxy groups -OCH3 is 1. The van der Waals surface area contributed by atoms with Crippen LogP contribution in [0.2, 0.25) is 0 Å². The van der Waals surface area contributed by atoms with E-state index in [4.69, 9.17) is 9.72 Å². The maximum atomic E-state index is 5.33. The van der Waals surface area contributed by atoms with Crippen LogP contribution in [-0.2, 0) is 23.0 Å². The highest BCUT2D eigenvalue weighted by atomic mass is 16.5. The van der Waals surface area contributed by atoms with E-state index in [0.717, 1.165) is 49.4 Å². The third kappa shape index (κ3) is 2.56. The van der Waals surface area contributed by atoms with Crippen molar-refractivity contribution in [3.63, 3.8) is 0 Å². The van der Waals surface area contributed by atoms with Crippen molar-refractivity contribution in [1.82, 2.24) is 15.2 Å². The molecule has 1 atom stereocenters. The van der Waals surface area contributed by atoms with Crippen molar-refractivity contribution in [1.29, 1.82) is 0 Å². The SMILES string of the molecule is COC1=CCC(C)(c2nnc3c(n2)CCCCC3)CC1. The maximum Gasteiger partial charge on any atom is 0.157 e. The molecule has 0 aliphatic heterocycles. The van der Waals surface area contributed by atoms with Crippen LogP contribution in [-0.4, -0.2) is 22.3 Å². The van der Waals surface area contributed by atoms with Crippen molar-refractivity contribution in [2.45, 2.75) is 63.7 Å². The molecule has 4 heteroatoms. The molecule has 1 aromatic rings. The first kappa shape index (κ1) is 13.5. The lowest BCUT2D eigenvalue weighted by Gasteiger charge is -2.30. The second-order valence-corrected chi connectivity index (χ2v) is 6.23. The molecule has 1 heterocycles. The normalized spacial score (nSPS) is 26.4. The van der Waals surface area contributed by atoms with E-state index < -0.39 is 0 Å². The van der Waals surface area contributed by atoms with Crippen LogP contribution < -0.4 is 0 Å². The number of rotatable bonds is 2. The van der Waals surface area contributed by atoms with Gasteiger partial charge in [-0.1, -0.05) is 13.3 Å². The number of aromatic nitrogens is 3. The Morgan fingerprint density at radius 2 is 1.85 bits per heavy atom. The Morgan fingerprint density at radius 3 is 2.55 bits per heavy atom. The molecular weight excluding hydrogens is 250 g/mol. The number of ether oxygens (including phenoxy) is 1. The van der Waals surface area contributed by atoms with Crippen molar-refractivity contribution in [2.75, 3.05) is 7.11 Å². The number of hydrogen-bond acceptors (Lipinski definition) is 4. The van der Waals surface area contributed by atoms with E-state index in [2.05, 4.69) is 23.2 Å². The second kappa shape index (κ2) is 5.51. The highest BCUT2D eigenvalue weighted by molar-refractivity contribution is 5.19. The molecule has 3 rings (SSSR count). The highest BCUT2D eigenvalue weighted by Crippen LogP contribution is 2.36. The quantitative estimate of drug-likeness (QED) is 0.777. The lowest BCUT2D eigenvalue weighted by atomic mass is 9.77. The fourth-order valence-corrected chi connectivity index (χ4v) is 3.12. The Kier molecular flexibility index (Phi) is 3.72. The molecule has 4 nitrogen and oxygen atoms in total. The molecule has 0 saturated carbocycles. The molecule has 0 bridgehead atoms. The molecule has 108 valence electrons. The summed E-state index contributed by atoms with van der Waals surface area (Å²) >= 11 is 0. The van der Waals surface area contributed by atoms with Crippen LogP contribution in [0, 0.1) is 0 Å². The van der Waals surface area contributed by atoms with Gasteiger partial charge in [-0.3, -0.25) is 0 Å². The zero-order chi connectivity index (χ0) is 14.0. The molecule has 0 aromatic carbocycles. The fraction of sp³-hybridized carbons (Fsp3) is 0.688. The first-order valence-corrected chi connectivity index (χ1v) is 7.67. The highest BCUT2D eigenvalue weighted by Gasteiger charge is 2.33. The van der Waals surface area contributed by atoms with Crippen LogP contribution in [0.3, 0.4) is 0 Å². The maximum absolute atomic E-state index is 5.33. The molecule has 0 fully saturated rings. The largest absolute Gasteiger partial charge is 0.501 e. The van der Waals surface area contributed by atoms with Crippen molar-refractivity contribution in [3.8, 4) is 0 Å². The minimum Gasteiger partial charge on any atom is -0.501 e. The lowest BCUT2D eigenvalue weighted by molar-refractivity contribution is 0.242. The van der Waals surface area contributed by atoms with Crippen LogP contribution in [0.5, 0.6) is 0 Å². The van der Waals surface area contributed by atoms with E-state index in [-0.39, 0.29) is 5.41 Å². The first-order valence-electron chi connectivity index (χ1n) is 7.67.